The van der Waals surface area contributed by atoms with E-state index >= 15 is 0 Å². The molecule has 2 saturated heterocycles. The largest absolute Gasteiger partial charge is 0.483 e. The van der Waals surface area contributed by atoms with Crippen molar-refractivity contribution < 1.29 is 19.1 Å². The van der Waals surface area contributed by atoms with Crippen LogP contribution in [0.4, 0.5) is 0 Å². The Morgan fingerprint density at radius 3 is 2.59 bits per heavy atom. The lowest BCUT2D eigenvalue weighted by Gasteiger charge is -2.26. The van der Waals surface area contributed by atoms with Crippen LogP contribution in [0.2, 0.25) is 0 Å². The molecule has 0 N–H and O–H groups in total. The molecule has 2 fully saturated rings. The second-order valence-electron chi connectivity index (χ2n) is 7.39. The normalized spacial score (nSPS) is 17.8. The minimum absolute atomic E-state index is 0.0527. The Morgan fingerprint density at radius 2 is 1.81 bits per heavy atom. The lowest BCUT2D eigenvalue weighted by molar-refractivity contribution is -0.137. The average molecular weight is 469 g/mol. The number of thiocarbonyl (C=S) groups is 1. The molecule has 2 amide bonds. The molecule has 2 aromatic carbocycles. The van der Waals surface area contributed by atoms with Gasteiger partial charge in [0.05, 0.1) is 18.1 Å². The molecular weight excluding hydrogens is 444 g/mol. The van der Waals surface area contributed by atoms with Gasteiger partial charge in [-0.25, -0.2) is 0 Å². The molecule has 6 nitrogen and oxygen atoms in total. The maximum Gasteiger partial charge on any atom is 0.266 e. The summed E-state index contributed by atoms with van der Waals surface area (Å²) < 4.78 is 11.7. The van der Waals surface area contributed by atoms with Crippen LogP contribution in [-0.4, -0.2) is 65.4 Å². The molecule has 0 bridgehead atoms. The van der Waals surface area contributed by atoms with Gasteiger partial charge < -0.3 is 14.4 Å². The Bertz CT molecular complexity index is 1020. The first-order chi connectivity index (χ1) is 15.6. The second kappa shape index (κ2) is 10.8. The molecule has 0 unspecified atom stereocenters. The summed E-state index contributed by atoms with van der Waals surface area (Å²) >= 11 is 6.74. The van der Waals surface area contributed by atoms with Crippen LogP contribution in [-0.2, 0) is 20.7 Å². The molecule has 4 rings (SSSR count). The molecule has 2 aliphatic rings. The Hall–Kier alpha value is -2.68. The third kappa shape index (κ3) is 5.56. The molecule has 2 heterocycles. The number of para-hydroxylation sites is 1. The van der Waals surface area contributed by atoms with E-state index in [-0.39, 0.29) is 18.4 Å². The standard InChI is InChI=1S/C24H24N2O4S2/c27-22(25-12-14-29-15-13-25)17-30-20-9-5-4-8-19(20)16-21-23(28)26(24(31)32-21)11-10-18-6-2-1-3-7-18/h1-9,16H,10-15,17H2/b21-16-. The summed E-state index contributed by atoms with van der Waals surface area (Å²) in [5.41, 5.74) is 1.90. The van der Waals surface area contributed by atoms with Crippen molar-refractivity contribution in [1.82, 2.24) is 9.80 Å². The minimum Gasteiger partial charge on any atom is -0.483 e. The first kappa shape index (κ1) is 22.5. The van der Waals surface area contributed by atoms with Crippen molar-refractivity contribution in [3.63, 3.8) is 0 Å². The zero-order valence-corrected chi connectivity index (χ0v) is 19.2. The number of carbonyl (C=O) groups excluding carboxylic acids is 2. The number of carbonyl (C=O) groups is 2. The highest BCUT2D eigenvalue weighted by atomic mass is 32.2. The molecule has 0 spiro atoms. The van der Waals surface area contributed by atoms with Gasteiger partial charge in [0.15, 0.2) is 6.61 Å². The first-order valence-electron chi connectivity index (χ1n) is 10.5. The van der Waals surface area contributed by atoms with Crippen molar-refractivity contribution in [1.29, 1.82) is 0 Å². The fraction of sp³-hybridized carbons (Fsp3) is 0.292. The van der Waals surface area contributed by atoms with Crippen LogP contribution in [0.25, 0.3) is 6.08 Å². The summed E-state index contributed by atoms with van der Waals surface area (Å²) in [6.07, 6.45) is 2.53. The lowest BCUT2D eigenvalue weighted by Crippen LogP contribution is -2.43. The molecule has 0 atom stereocenters. The van der Waals surface area contributed by atoms with E-state index in [1.807, 2.05) is 48.5 Å². The van der Waals surface area contributed by atoms with Crippen molar-refractivity contribution in [2.45, 2.75) is 6.42 Å². The molecule has 2 aliphatic heterocycles. The van der Waals surface area contributed by atoms with E-state index in [0.29, 0.717) is 47.8 Å². The van der Waals surface area contributed by atoms with Crippen molar-refractivity contribution in [2.24, 2.45) is 0 Å². The Labute approximate surface area is 197 Å². The van der Waals surface area contributed by atoms with Crippen molar-refractivity contribution in [3.8, 4) is 5.75 Å². The zero-order chi connectivity index (χ0) is 22.3. The molecule has 166 valence electrons. The SMILES string of the molecule is O=C(COc1ccccc1/C=C1\SC(=S)N(CCc2ccccc2)C1=O)N1CCOCC1. The molecule has 0 saturated carbocycles. The highest BCUT2D eigenvalue weighted by Crippen LogP contribution is 2.34. The van der Waals surface area contributed by atoms with Crippen molar-refractivity contribution >= 4 is 46.2 Å². The van der Waals surface area contributed by atoms with Crippen LogP contribution in [0.15, 0.2) is 59.5 Å². The topological polar surface area (TPSA) is 59.1 Å². The van der Waals surface area contributed by atoms with Crippen LogP contribution in [0.5, 0.6) is 5.75 Å². The third-order valence-electron chi connectivity index (χ3n) is 5.26. The van der Waals surface area contributed by atoms with E-state index in [4.69, 9.17) is 21.7 Å². The quantitative estimate of drug-likeness (QED) is 0.459. The average Bonchev–Trinajstić information content (AvgIpc) is 3.10. The van der Waals surface area contributed by atoms with Gasteiger partial charge in [0, 0.05) is 25.2 Å². The number of rotatable bonds is 7. The number of hydrogen-bond donors (Lipinski definition) is 0. The number of thioether (sulfide) groups is 1. The summed E-state index contributed by atoms with van der Waals surface area (Å²) in [6.45, 7) is 2.74. The number of hydrogen-bond acceptors (Lipinski definition) is 6. The van der Waals surface area contributed by atoms with E-state index in [0.717, 1.165) is 17.5 Å². The van der Waals surface area contributed by atoms with E-state index in [1.165, 1.54) is 11.8 Å². The number of amides is 2. The summed E-state index contributed by atoms with van der Waals surface area (Å²) in [6, 6.07) is 17.4. The maximum absolute atomic E-state index is 13.0. The Balaban J connectivity index is 1.41. The Morgan fingerprint density at radius 1 is 1.09 bits per heavy atom. The summed E-state index contributed by atoms with van der Waals surface area (Å²) in [5.74, 6) is 0.383. The van der Waals surface area contributed by atoms with Gasteiger partial charge in [0.25, 0.3) is 11.8 Å². The monoisotopic (exact) mass is 468 g/mol. The summed E-state index contributed by atoms with van der Waals surface area (Å²) in [5, 5.41) is 0. The fourth-order valence-electron chi connectivity index (χ4n) is 3.49. The van der Waals surface area contributed by atoms with Crippen LogP contribution >= 0.6 is 24.0 Å². The van der Waals surface area contributed by atoms with E-state index in [2.05, 4.69) is 0 Å². The predicted molar refractivity (Wildman–Crippen MR) is 129 cm³/mol. The van der Waals surface area contributed by atoms with Gasteiger partial charge in [-0.05, 0) is 24.1 Å². The van der Waals surface area contributed by atoms with Gasteiger partial charge in [-0.3, -0.25) is 14.5 Å². The molecule has 0 aliphatic carbocycles. The minimum atomic E-state index is -0.102. The highest BCUT2D eigenvalue weighted by Gasteiger charge is 2.31. The van der Waals surface area contributed by atoms with Gasteiger partial charge in [0.1, 0.15) is 10.1 Å². The molecule has 32 heavy (non-hydrogen) atoms. The molecule has 8 heteroatoms. The highest BCUT2D eigenvalue weighted by molar-refractivity contribution is 8.26. The van der Waals surface area contributed by atoms with Gasteiger partial charge in [-0.1, -0.05) is 72.5 Å². The smallest absolute Gasteiger partial charge is 0.266 e. The number of benzene rings is 2. The Kier molecular flexibility index (Phi) is 7.57. The fourth-order valence-corrected chi connectivity index (χ4v) is 4.79. The molecular formula is C24H24N2O4S2. The van der Waals surface area contributed by atoms with Crippen molar-refractivity contribution in [2.75, 3.05) is 39.5 Å². The summed E-state index contributed by atoms with van der Waals surface area (Å²) in [4.78, 5) is 29.3. The van der Waals surface area contributed by atoms with Crippen molar-refractivity contribution in [3.05, 3.63) is 70.6 Å². The number of morpholine rings is 1. The van der Waals surface area contributed by atoms with Crippen LogP contribution < -0.4 is 4.74 Å². The maximum atomic E-state index is 13.0. The van der Waals surface area contributed by atoms with Crippen LogP contribution in [0.1, 0.15) is 11.1 Å². The van der Waals surface area contributed by atoms with Gasteiger partial charge in [0.2, 0.25) is 0 Å². The second-order valence-corrected chi connectivity index (χ2v) is 9.06. The van der Waals surface area contributed by atoms with Crippen LogP contribution in [0, 0.1) is 0 Å². The molecule has 0 radical (unpaired) electrons. The zero-order valence-electron chi connectivity index (χ0n) is 17.6. The van der Waals surface area contributed by atoms with Gasteiger partial charge >= 0.3 is 0 Å². The predicted octanol–water partition coefficient (Wildman–Crippen LogP) is 3.37. The van der Waals surface area contributed by atoms with Crippen LogP contribution in [0.3, 0.4) is 0 Å². The number of ether oxygens (including phenoxy) is 2. The van der Waals surface area contributed by atoms with Gasteiger partial charge in [-0.2, -0.15) is 0 Å². The third-order valence-corrected chi connectivity index (χ3v) is 6.64. The number of nitrogens with zero attached hydrogens (tertiary/aromatic N) is 2. The first-order valence-corrected chi connectivity index (χ1v) is 11.7. The lowest BCUT2D eigenvalue weighted by atomic mass is 10.1. The molecule has 0 aromatic heterocycles. The van der Waals surface area contributed by atoms with E-state index in [1.54, 1.807) is 21.9 Å². The molecule has 2 aromatic rings. The van der Waals surface area contributed by atoms with Gasteiger partial charge in [-0.15, -0.1) is 0 Å². The van der Waals surface area contributed by atoms with E-state index in [9.17, 15) is 9.59 Å². The van der Waals surface area contributed by atoms with E-state index < -0.39 is 0 Å². The summed E-state index contributed by atoms with van der Waals surface area (Å²) in [7, 11) is 0.